The first kappa shape index (κ1) is 20.6. The summed E-state index contributed by atoms with van der Waals surface area (Å²) in [6.07, 6.45) is 2.12. The molecular formula is C20H21N3O5S. The third kappa shape index (κ3) is 5.66. The SMILES string of the molecule is CCOc1ccc(-c2cnc(CCC(=O)Nc3ccc(S(N)(=O)=O)cc3)o2)cc1. The second-order valence-corrected chi connectivity index (χ2v) is 7.75. The van der Waals surface area contributed by atoms with E-state index in [1.807, 2.05) is 31.2 Å². The molecular weight excluding hydrogens is 394 g/mol. The standard InChI is InChI=1S/C20H21N3O5S/c1-2-27-16-7-3-14(4-8-16)18-13-22-20(28-18)12-11-19(24)23-15-5-9-17(10-6-15)29(21,25)26/h3-10,13H,2,11-12H2,1H3,(H,23,24)(H2,21,25,26). The van der Waals surface area contributed by atoms with Gasteiger partial charge < -0.3 is 14.5 Å². The molecule has 0 bridgehead atoms. The van der Waals surface area contributed by atoms with Crippen molar-refractivity contribution >= 4 is 21.6 Å². The summed E-state index contributed by atoms with van der Waals surface area (Å²) in [7, 11) is -3.76. The van der Waals surface area contributed by atoms with Gasteiger partial charge in [-0.2, -0.15) is 0 Å². The molecule has 0 aliphatic heterocycles. The molecule has 0 saturated carbocycles. The van der Waals surface area contributed by atoms with Gasteiger partial charge in [-0.15, -0.1) is 0 Å². The Bertz CT molecular complexity index is 1070. The minimum Gasteiger partial charge on any atom is -0.494 e. The van der Waals surface area contributed by atoms with Crippen molar-refractivity contribution in [2.75, 3.05) is 11.9 Å². The van der Waals surface area contributed by atoms with Crippen LogP contribution in [0.2, 0.25) is 0 Å². The molecule has 3 N–H and O–H groups in total. The molecule has 0 unspecified atom stereocenters. The molecule has 3 aromatic rings. The number of aromatic nitrogens is 1. The highest BCUT2D eigenvalue weighted by Crippen LogP contribution is 2.23. The van der Waals surface area contributed by atoms with Crippen LogP contribution in [-0.2, 0) is 21.2 Å². The number of hydrogen-bond donors (Lipinski definition) is 2. The predicted molar refractivity (Wildman–Crippen MR) is 108 cm³/mol. The highest BCUT2D eigenvalue weighted by Gasteiger charge is 2.11. The molecule has 0 aliphatic rings. The fourth-order valence-corrected chi connectivity index (χ4v) is 3.13. The molecule has 2 aromatic carbocycles. The number of nitrogens with zero attached hydrogens (tertiary/aromatic N) is 1. The second kappa shape index (κ2) is 8.89. The summed E-state index contributed by atoms with van der Waals surface area (Å²) in [6.45, 7) is 2.52. The molecule has 0 radical (unpaired) electrons. The number of primary sulfonamides is 1. The number of benzene rings is 2. The summed E-state index contributed by atoms with van der Waals surface area (Å²) < 4.78 is 33.6. The summed E-state index contributed by atoms with van der Waals surface area (Å²) in [5.74, 6) is 1.61. The van der Waals surface area contributed by atoms with E-state index >= 15 is 0 Å². The first-order chi connectivity index (χ1) is 13.8. The van der Waals surface area contributed by atoms with Gasteiger partial charge in [0.2, 0.25) is 15.9 Å². The van der Waals surface area contributed by atoms with Gasteiger partial charge in [-0.3, -0.25) is 4.79 Å². The highest BCUT2D eigenvalue weighted by molar-refractivity contribution is 7.89. The van der Waals surface area contributed by atoms with E-state index in [1.54, 1.807) is 6.20 Å². The smallest absolute Gasteiger partial charge is 0.238 e. The Labute approximate surface area is 168 Å². The molecule has 0 aliphatic carbocycles. The van der Waals surface area contributed by atoms with Gasteiger partial charge in [0, 0.05) is 24.1 Å². The van der Waals surface area contributed by atoms with Gasteiger partial charge in [0.15, 0.2) is 11.7 Å². The van der Waals surface area contributed by atoms with E-state index < -0.39 is 10.0 Å². The van der Waals surface area contributed by atoms with E-state index in [0.29, 0.717) is 30.4 Å². The van der Waals surface area contributed by atoms with Gasteiger partial charge in [0.1, 0.15) is 5.75 Å². The Hall–Kier alpha value is -3.17. The minimum atomic E-state index is -3.76. The second-order valence-electron chi connectivity index (χ2n) is 6.19. The zero-order chi connectivity index (χ0) is 20.9. The Morgan fingerprint density at radius 3 is 2.45 bits per heavy atom. The van der Waals surface area contributed by atoms with Crippen molar-refractivity contribution < 1.29 is 22.4 Å². The van der Waals surface area contributed by atoms with Crippen LogP contribution in [0.1, 0.15) is 19.2 Å². The normalized spacial score (nSPS) is 11.2. The van der Waals surface area contributed by atoms with Crippen LogP contribution in [0.5, 0.6) is 5.75 Å². The summed E-state index contributed by atoms with van der Waals surface area (Å²) in [5.41, 5.74) is 1.34. The van der Waals surface area contributed by atoms with Crippen LogP contribution >= 0.6 is 0 Å². The average Bonchev–Trinajstić information content (AvgIpc) is 3.16. The molecule has 1 amide bonds. The van der Waals surface area contributed by atoms with Gasteiger partial charge in [-0.1, -0.05) is 0 Å². The first-order valence-electron chi connectivity index (χ1n) is 8.96. The van der Waals surface area contributed by atoms with Gasteiger partial charge in [-0.25, -0.2) is 18.5 Å². The molecule has 152 valence electrons. The third-order valence-electron chi connectivity index (χ3n) is 4.04. The number of ether oxygens (including phenoxy) is 1. The largest absolute Gasteiger partial charge is 0.494 e. The third-order valence-corrected chi connectivity index (χ3v) is 4.97. The minimum absolute atomic E-state index is 0.0166. The maximum absolute atomic E-state index is 12.1. The van der Waals surface area contributed by atoms with Crippen LogP contribution < -0.4 is 15.2 Å². The van der Waals surface area contributed by atoms with E-state index in [2.05, 4.69) is 10.3 Å². The van der Waals surface area contributed by atoms with E-state index in [1.165, 1.54) is 24.3 Å². The number of carbonyl (C=O) groups excluding carboxylic acids is 1. The lowest BCUT2D eigenvalue weighted by atomic mass is 10.2. The molecule has 0 atom stereocenters. The Morgan fingerprint density at radius 2 is 1.83 bits per heavy atom. The molecule has 29 heavy (non-hydrogen) atoms. The topological polar surface area (TPSA) is 125 Å². The Balaban J connectivity index is 1.54. The number of hydrogen-bond acceptors (Lipinski definition) is 6. The molecule has 0 saturated heterocycles. The summed E-state index contributed by atoms with van der Waals surface area (Å²) in [5, 5.41) is 7.74. The number of anilines is 1. The van der Waals surface area contributed by atoms with Crippen LogP contribution in [0.3, 0.4) is 0 Å². The van der Waals surface area contributed by atoms with Crippen LogP contribution in [0.4, 0.5) is 5.69 Å². The van der Waals surface area contributed by atoms with Gasteiger partial charge in [-0.05, 0) is 55.5 Å². The number of oxazole rings is 1. The summed E-state index contributed by atoms with van der Waals surface area (Å²) in [6, 6.07) is 13.1. The summed E-state index contributed by atoms with van der Waals surface area (Å²) >= 11 is 0. The van der Waals surface area contributed by atoms with Crippen molar-refractivity contribution in [3.05, 3.63) is 60.6 Å². The van der Waals surface area contributed by atoms with Crippen LogP contribution in [0, 0.1) is 0 Å². The number of amides is 1. The van der Waals surface area contributed by atoms with Crippen LogP contribution in [-0.4, -0.2) is 25.9 Å². The fraction of sp³-hybridized carbons (Fsp3) is 0.200. The predicted octanol–water partition coefficient (Wildman–Crippen LogP) is 2.96. The molecule has 0 spiro atoms. The molecule has 0 fully saturated rings. The molecule has 1 heterocycles. The number of carbonyl (C=O) groups is 1. The van der Waals surface area contributed by atoms with Crippen molar-refractivity contribution in [3.63, 3.8) is 0 Å². The number of nitrogens with one attached hydrogen (secondary N) is 1. The highest BCUT2D eigenvalue weighted by atomic mass is 32.2. The van der Waals surface area contributed by atoms with Crippen molar-refractivity contribution in [2.24, 2.45) is 5.14 Å². The maximum Gasteiger partial charge on any atom is 0.238 e. The van der Waals surface area contributed by atoms with Crippen LogP contribution in [0.25, 0.3) is 11.3 Å². The van der Waals surface area contributed by atoms with Gasteiger partial charge in [0.05, 0.1) is 17.7 Å². The lowest BCUT2D eigenvalue weighted by Gasteiger charge is -2.05. The van der Waals surface area contributed by atoms with E-state index in [4.69, 9.17) is 14.3 Å². The zero-order valence-electron chi connectivity index (χ0n) is 15.8. The Kier molecular flexibility index (Phi) is 6.30. The number of aryl methyl sites for hydroxylation is 1. The maximum atomic E-state index is 12.1. The number of rotatable bonds is 8. The fourth-order valence-electron chi connectivity index (χ4n) is 2.61. The van der Waals surface area contributed by atoms with Gasteiger partial charge >= 0.3 is 0 Å². The van der Waals surface area contributed by atoms with Crippen molar-refractivity contribution in [1.29, 1.82) is 0 Å². The number of nitrogens with two attached hydrogens (primary N) is 1. The van der Waals surface area contributed by atoms with Crippen molar-refractivity contribution in [3.8, 4) is 17.1 Å². The monoisotopic (exact) mass is 415 g/mol. The van der Waals surface area contributed by atoms with E-state index in [-0.39, 0.29) is 17.2 Å². The first-order valence-corrected chi connectivity index (χ1v) is 10.5. The molecule has 8 nitrogen and oxygen atoms in total. The average molecular weight is 415 g/mol. The van der Waals surface area contributed by atoms with Gasteiger partial charge in [0.25, 0.3) is 0 Å². The Morgan fingerprint density at radius 1 is 1.14 bits per heavy atom. The van der Waals surface area contributed by atoms with Crippen molar-refractivity contribution in [1.82, 2.24) is 4.98 Å². The number of sulfonamides is 1. The molecule has 9 heteroatoms. The van der Waals surface area contributed by atoms with Crippen molar-refractivity contribution in [2.45, 2.75) is 24.7 Å². The van der Waals surface area contributed by atoms with Crippen LogP contribution in [0.15, 0.2) is 64.0 Å². The molecule has 1 aromatic heterocycles. The zero-order valence-corrected chi connectivity index (χ0v) is 16.6. The lowest BCUT2D eigenvalue weighted by Crippen LogP contribution is -2.14. The van der Waals surface area contributed by atoms with E-state index in [9.17, 15) is 13.2 Å². The lowest BCUT2D eigenvalue weighted by molar-refractivity contribution is -0.116. The quantitative estimate of drug-likeness (QED) is 0.583. The van der Waals surface area contributed by atoms with E-state index in [0.717, 1.165) is 11.3 Å². The molecule has 3 rings (SSSR count). The summed E-state index contributed by atoms with van der Waals surface area (Å²) in [4.78, 5) is 16.3.